The van der Waals surface area contributed by atoms with Gasteiger partial charge in [-0.1, -0.05) is 45.9 Å². The largest absolute Gasteiger partial charge is 0.481 e. The molecule has 0 amide bonds. The van der Waals surface area contributed by atoms with E-state index in [0.717, 1.165) is 11.7 Å². The molecule has 0 aromatic carbocycles. The van der Waals surface area contributed by atoms with Gasteiger partial charge in [0, 0.05) is 23.9 Å². The van der Waals surface area contributed by atoms with E-state index in [-0.39, 0.29) is 11.2 Å². The zero-order valence-electron chi connectivity index (χ0n) is 12.8. The second kappa shape index (κ2) is 5.43. The maximum atomic E-state index is 10.8. The fraction of sp³-hybridized carbons (Fsp3) is 0.733. The highest BCUT2D eigenvalue weighted by Crippen LogP contribution is 2.43. The minimum atomic E-state index is -0.795. The van der Waals surface area contributed by atoms with Gasteiger partial charge in [-0.05, 0) is 18.3 Å². The van der Waals surface area contributed by atoms with E-state index in [1.807, 2.05) is 6.20 Å². The average Bonchev–Trinajstić information content (AvgIpc) is 2.66. The number of hydrogen-bond donors (Lipinski definition) is 1. The number of hydrogen-bond acceptors (Lipinski definition) is 3. The fourth-order valence-corrected chi connectivity index (χ4v) is 3.37. The van der Waals surface area contributed by atoms with Gasteiger partial charge < -0.3 is 9.67 Å². The van der Waals surface area contributed by atoms with Gasteiger partial charge in [0.2, 0.25) is 0 Å². The van der Waals surface area contributed by atoms with Gasteiger partial charge in [0.15, 0.2) is 5.16 Å². The molecule has 1 N–H and O–H groups in total. The maximum absolute atomic E-state index is 10.8. The summed E-state index contributed by atoms with van der Waals surface area (Å²) in [6.07, 6.45) is 5.70. The lowest BCUT2D eigenvalue weighted by Crippen LogP contribution is -2.33. The second-order valence-corrected chi connectivity index (χ2v) is 8.05. The summed E-state index contributed by atoms with van der Waals surface area (Å²) in [5, 5.41) is 9.70. The van der Waals surface area contributed by atoms with E-state index in [2.05, 4.69) is 37.2 Å². The number of thioether (sulfide) groups is 1. The Balaban J connectivity index is 2.27. The van der Waals surface area contributed by atoms with E-state index in [1.165, 1.54) is 36.7 Å². The normalized spacial score (nSPS) is 17.8. The van der Waals surface area contributed by atoms with Crippen molar-refractivity contribution < 1.29 is 9.90 Å². The number of nitrogens with zero attached hydrogens (tertiary/aromatic N) is 2. The molecular formula is C15H24N2O2S. The monoisotopic (exact) mass is 296 g/mol. The zero-order valence-corrected chi connectivity index (χ0v) is 13.6. The van der Waals surface area contributed by atoms with Crippen LogP contribution in [0, 0.1) is 5.41 Å². The lowest BCUT2D eigenvalue weighted by molar-refractivity contribution is -0.133. The van der Waals surface area contributed by atoms with Gasteiger partial charge >= 0.3 is 5.97 Å². The minimum Gasteiger partial charge on any atom is -0.481 e. The molecule has 1 aliphatic rings. The molecule has 5 heteroatoms. The Morgan fingerprint density at radius 2 is 2.15 bits per heavy atom. The van der Waals surface area contributed by atoms with Gasteiger partial charge in [0.25, 0.3) is 0 Å². The molecular weight excluding hydrogens is 272 g/mol. The van der Waals surface area contributed by atoms with Crippen LogP contribution in [0.15, 0.2) is 11.4 Å². The topological polar surface area (TPSA) is 55.1 Å². The van der Waals surface area contributed by atoms with Crippen LogP contribution < -0.4 is 0 Å². The summed E-state index contributed by atoms with van der Waals surface area (Å²) in [4.78, 5) is 15.2. The van der Waals surface area contributed by atoms with Crippen LogP contribution in [0.2, 0.25) is 0 Å². The van der Waals surface area contributed by atoms with Crippen molar-refractivity contribution in [2.24, 2.45) is 5.41 Å². The zero-order chi connectivity index (χ0) is 15.0. The third kappa shape index (κ3) is 3.37. The molecule has 1 fully saturated rings. The van der Waals surface area contributed by atoms with Gasteiger partial charge in [-0.2, -0.15) is 0 Å². The number of aromatic nitrogens is 2. The van der Waals surface area contributed by atoms with E-state index in [4.69, 9.17) is 5.11 Å². The van der Waals surface area contributed by atoms with E-state index in [0.29, 0.717) is 5.41 Å². The number of rotatable bonds is 5. The number of carboxylic acids is 1. The lowest BCUT2D eigenvalue weighted by Gasteiger charge is -2.40. The van der Waals surface area contributed by atoms with Crippen LogP contribution in [0.5, 0.6) is 0 Å². The van der Waals surface area contributed by atoms with Crippen molar-refractivity contribution in [2.75, 3.05) is 5.75 Å². The van der Waals surface area contributed by atoms with E-state index in [9.17, 15) is 4.79 Å². The average molecular weight is 296 g/mol. The van der Waals surface area contributed by atoms with Crippen molar-refractivity contribution in [1.29, 1.82) is 0 Å². The summed E-state index contributed by atoms with van der Waals surface area (Å²) in [6.45, 7) is 9.79. The van der Waals surface area contributed by atoms with Gasteiger partial charge in [0.05, 0.1) is 5.75 Å². The number of carbonyl (C=O) groups is 1. The molecule has 0 aliphatic heterocycles. The van der Waals surface area contributed by atoms with Crippen molar-refractivity contribution in [1.82, 2.24) is 9.55 Å². The van der Waals surface area contributed by atoms with Gasteiger partial charge in [-0.3, -0.25) is 4.79 Å². The molecule has 1 heterocycles. The Kier molecular flexibility index (Phi) is 4.19. The van der Waals surface area contributed by atoms with Crippen LogP contribution >= 0.6 is 11.8 Å². The molecule has 0 spiro atoms. The molecule has 1 aromatic heterocycles. The summed E-state index contributed by atoms with van der Waals surface area (Å²) >= 11 is 1.32. The molecule has 0 saturated heterocycles. The van der Waals surface area contributed by atoms with Gasteiger partial charge in [-0.25, -0.2) is 4.98 Å². The predicted molar refractivity (Wildman–Crippen MR) is 81.2 cm³/mol. The SMILES string of the molecule is CC1(Cn2c(C(C)(C)C)cnc2SCC(=O)O)CCC1. The molecule has 112 valence electrons. The molecule has 1 saturated carbocycles. The summed E-state index contributed by atoms with van der Waals surface area (Å²) in [5.74, 6) is -0.728. The highest BCUT2D eigenvalue weighted by molar-refractivity contribution is 7.99. The summed E-state index contributed by atoms with van der Waals surface area (Å²) < 4.78 is 2.24. The van der Waals surface area contributed by atoms with Gasteiger partial charge in [-0.15, -0.1) is 0 Å². The Labute approximate surface area is 125 Å². The molecule has 1 aromatic rings. The first-order valence-corrected chi connectivity index (χ1v) is 8.10. The second-order valence-electron chi connectivity index (χ2n) is 7.11. The first-order chi connectivity index (χ1) is 9.21. The van der Waals surface area contributed by atoms with Crippen LogP contribution in [-0.2, 0) is 16.8 Å². The highest BCUT2D eigenvalue weighted by atomic mass is 32.2. The quantitative estimate of drug-likeness (QED) is 0.844. The molecule has 0 bridgehead atoms. The van der Waals surface area contributed by atoms with Crippen molar-refractivity contribution in [3.63, 3.8) is 0 Å². The fourth-order valence-electron chi connectivity index (χ4n) is 2.67. The molecule has 2 rings (SSSR count). The molecule has 20 heavy (non-hydrogen) atoms. The number of aliphatic carboxylic acids is 1. The van der Waals surface area contributed by atoms with E-state index >= 15 is 0 Å². The Hall–Kier alpha value is -0.970. The third-order valence-electron chi connectivity index (χ3n) is 4.01. The summed E-state index contributed by atoms with van der Waals surface area (Å²) in [5.41, 5.74) is 1.56. The van der Waals surface area contributed by atoms with Crippen LogP contribution in [-0.4, -0.2) is 26.4 Å². The summed E-state index contributed by atoms with van der Waals surface area (Å²) in [7, 11) is 0. The van der Waals surface area contributed by atoms with Crippen molar-refractivity contribution in [2.45, 2.75) is 64.1 Å². The van der Waals surface area contributed by atoms with Crippen LogP contribution in [0.1, 0.15) is 52.7 Å². The molecule has 1 aliphatic carbocycles. The van der Waals surface area contributed by atoms with E-state index < -0.39 is 5.97 Å². The lowest BCUT2D eigenvalue weighted by atomic mass is 9.70. The first-order valence-electron chi connectivity index (χ1n) is 7.12. The maximum Gasteiger partial charge on any atom is 0.313 e. The molecule has 0 atom stereocenters. The predicted octanol–water partition coefficient (Wildman–Crippen LogP) is 3.55. The number of imidazole rings is 1. The van der Waals surface area contributed by atoms with E-state index in [1.54, 1.807) is 0 Å². The van der Waals surface area contributed by atoms with Crippen molar-refractivity contribution >= 4 is 17.7 Å². The standard InChI is InChI=1S/C15H24N2O2S/c1-14(2,3)11-8-16-13(20-9-12(18)19)17(11)10-15(4)6-5-7-15/h8H,5-7,9-10H2,1-4H3,(H,18,19). The minimum absolute atomic E-state index is 0.0230. The van der Waals surface area contributed by atoms with Crippen molar-refractivity contribution in [3.05, 3.63) is 11.9 Å². The molecule has 0 unspecified atom stereocenters. The number of carboxylic acid groups (broad SMARTS) is 1. The highest BCUT2D eigenvalue weighted by Gasteiger charge is 2.34. The smallest absolute Gasteiger partial charge is 0.313 e. The first kappa shape index (κ1) is 15.4. The third-order valence-corrected chi connectivity index (χ3v) is 4.99. The van der Waals surface area contributed by atoms with Gasteiger partial charge in [0.1, 0.15) is 0 Å². The summed E-state index contributed by atoms with van der Waals surface area (Å²) in [6, 6.07) is 0. The molecule has 4 nitrogen and oxygen atoms in total. The van der Waals surface area contributed by atoms with Crippen molar-refractivity contribution in [3.8, 4) is 0 Å². The Bertz CT molecular complexity index is 498. The van der Waals surface area contributed by atoms with Crippen LogP contribution in [0.25, 0.3) is 0 Å². The van der Waals surface area contributed by atoms with Crippen LogP contribution in [0.4, 0.5) is 0 Å². The Morgan fingerprint density at radius 1 is 1.50 bits per heavy atom. The molecule has 0 radical (unpaired) electrons. The Morgan fingerprint density at radius 3 is 2.60 bits per heavy atom. The van der Waals surface area contributed by atoms with Crippen LogP contribution in [0.3, 0.4) is 0 Å².